The largest absolute Gasteiger partial charge is 0.464 e. The van der Waals surface area contributed by atoms with Crippen molar-refractivity contribution in [3.63, 3.8) is 0 Å². The van der Waals surface area contributed by atoms with Crippen molar-refractivity contribution in [2.24, 2.45) is 17.3 Å². The van der Waals surface area contributed by atoms with Gasteiger partial charge in [-0.2, -0.15) is 0 Å². The molecule has 4 aromatic rings. The number of esters is 1. The smallest absolute Gasteiger partial charge is 0.324 e. The van der Waals surface area contributed by atoms with Crippen LogP contribution in [0, 0.1) is 17.3 Å². The van der Waals surface area contributed by atoms with Crippen LogP contribution < -0.4 is 10.3 Å². The number of hydrogen-bond acceptors (Lipinski definition) is 11. The number of carbonyl (C=O) groups is 3. The number of nitrogens with zero attached hydrogens (tertiary/aromatic N) is 6. The van der Waals surface area contributed by atoms with Gasteiger partial charge in [0.1, 0.15) is 21.0 Å². The second-order valence-electron chi connectivity index (χ2n) is 19.1. The van der Waals surface area contributed by atoms with Crippen molar-refractivity contribution >= 4 is 54.7 Å². The number of fused-ring (bicyclic) bond motifs is 6. The van der Waals surface area contributed by atoms with Crippen molar-refractivity contribution in [1.29, 1.82) is 0 Å². The van der Waals surface area contributed by atoms with Crippen molar-refractivity contribution in [1.82, 2.24) is 29.9 Å². The van der Waals surface area contributed by atoms with Crippen molar-refractivity contribution in [3.8, 4) is 22.5 Å². The Morgan fingerprint density at radius 2 is 1.90 bits per heavy atom. The summed E-state index contributed by atoms with van der Waals surface area (Å²) in [6, 6.07) is 8.72. The van der Waals surface area contributed by atoms with Gasteiger partial charge in [-0.05, 0) is 83.1 Å². The number of aryl methyl sites for hydroxylation is 1. The summed E-state index contributed by atoms with van der Waals surface area (Å²) in [5.74, 6) is -5.49. The molecule has 5 aliphatic rings. The molecule has 2 saturated heterocycles. The van der Waals surface area contributed by atoms with E-state index in [0.717, 1.165) is 89.5 Å². The van der Waals surface area contributed by atoms with E-state index in [4.69, 9.17) is 19.4 Å². The molecule has 3 aromatic heterocycles. The lowest BCUT2D eigenvalue weighted by atomic mass is 9.84. The van der Waals surface area contributed by atoms with Crippen LogP contribution in [0.3, 0.4) is 0 Å². The van der Waals surface area contributed by atoms with E-state index < -0.39 is 50.2 Å². The third-order valence-electron chi connectivity index (χ3n) is 13.7. The van der Waals surface area contributed by atoms with Crippen molar-refractivity contribution in [2.45, 2.75) is 116 Å². The van der Waals surface area contributed by atoms with E-state index in [2.05, 4.69) is 64.8 Å². The number of benzene rings is 1. The van der Waals surface area contributed by atoms with Gasteiger partial charge in [-0.1, -0.05) is 19.9 Å². The zero-order valence-electron chi connectivity index (χ0n) is 37.2. The third kappa shape index (κ3) is 9.12. The van der Waals surface area contributed by atoms with Crippen LogP contribution in [0.5, 0.6) is 0 Å². The lowest BCUT2D eigenvalue weighted by Gasteiger charge is -2.36. The first-order chi connectivity index (χ1) is 30.1. The summed E-state index contributed by atoms with van der Waals surface area (Å²) in [5, 5.41) is 4.87. The number of carbonyl (C=O) groups excluding carboxylic acids is 3. The molecule has 6 bridgehead atoms. The third-order valence-corrected chi connectivity index (χ3v) is 16.1. The highest BCUT2D eigenvalue weighted by molar-refractivity contribution is 7.10. The summed E-state index contributed by atoms with van der Waals surface area (Å²) in [6.45, 7) is 14.4. The summed E-state index contributed by atoms with van der Waals surface area (Å²) in [5.41, 5.74) is 9.69. The van der Waals surface area contributed by atoms with Gasteiger partial charge in [-0.25, -0.2) is 19.2 Å². The molecule has 2 aliphatic carbocycles. The van der Waals surface area contributed by atoms with E-state index in [0.29, 0.717) is 37.4 Å². The Morgan fingerprint density at radius 1 is 1.13 bits per heavy atom. The number of cyclic esters (lactones) is 1. The predicted molar refractivity (Wildman–Crippen MR) is 241 cm³/mol. The summed E-state index contributed by atoms with van der Waals surface area (Å²) in [4.78, 5) is 56.9. The lowest BCUT2D eigenvalue weighted by molar-refractivity contribution is -0.154. The Hall–Kier alpha value is -4.09. The quantitative estimate of drug-likeness (QED) is 0.128. The fourth-order valence-corrected chi connectivity index (χ4v) is 12.3. The number of rotatable bonds is 10. The first kappa shape index (κ1) is 44.1. The van der Waals surface area contributed by atoms with Gasteiger partial charge in [0.05, 0.1) is 46.7 Å². The SMILES string of the molecule is CCn1c(-c2cc(N3CCN(C4CC4)CC3)cnc2[C@H](C)OC)c2c3cc(ccc31)-c1csc(n1)C[C@H]([Si]C(=O)[C@H]1CC1C(C)(F)F)C(=O)N1CCC[C@H](N1)C(=O)OCC(C)(C)C2. The number of nitrogens with one attached hydrogen (secondary N) is 1. The minimum absolute atomic E-state index is 0.127. The van der Waals surface area contributed by atoms with Crippen LogP contribution in [-0.2, 0) is 43.2 Å². The molecule has 6 heterocycles. The number of anilines is 1. The molecule has 336 valence electrons. The van der Waals surface area contributed by atoms with E-state index >= 15 is 0 Å². The molecule has 1 aromatic carbocycles. The fraction of sp³-hybridized carbons (Fsp3) is 0.596. The number of piperazine rings is 1. The number of thiazole rings is 1. The Morgan fingerprint density at radius 3 is 2.60 bits per heavy atom. The first-order valence-corrected chi connectivity index (χ1v) is 24.6. The molecule has 4 fully saturated rings. The van der Waals surface area contributed by atoms with Crippen molar-refractivity contribution in [3.05, 3.63) is 52.1 Å². The summed E-state index contributed by atoms with van der Waals surface area (Å²) in [6.07, 6.45) is 6.25. The maximum absolute atomic E-state index is 14.3. The zero-order chi connectivity index (χ0) is 44.4. The molecule has 1 N–H and O–H groups in total. The number of aromatic nitrogens is 3. The summed E-state index contributed by atoms with van der Waals surface area (Å²) < 4.78 is 42.9. The van der Waals surface area contributed by atoms with E-state index in [9.17, 15) is 23.2 Å². The zero-order valence-corrected chi connectivity index (χ0v) is 39.0. The summed E-state index contributed by atoms with van der Waals surface area (Å²) in [7, 11) is 1.21. The van der Waals surface area contributed by atoms with E-state index in [1.54, 1.807) is 7.11 Å². The average Bonchev–Trinajstić information content (AvgIpc) is 4.22. The topological polar surface area (TPSA) is 122 Å². The van der Waals surface area contributed by atoms with E-state index in [-0.39, 0.29) is 36.9 Å². The van der Waals surface area contributed by atoms with Gasteiger partial charge in [-0.3, -0.25) is 24.5 Å². The van der Waals surface area contributed by atoms with Crippen molar-refractivity contribution < 1.29 is 32.6 Å². The predicted octanol–water partition coefficient (Wildman–Crippen LogP) is 7.31. The number of hydrazine groups is 1. The number of ether oxygens (including phenoxy) is 2. The maximum atomic E-state index is 14.3. The average molecular weight is 900 g/mol. The van der Waals surface area contributed by atoms with Gasteiger partial charge in [0.25, 0.3) is 0 Å². The summed E-state index contributed by atoms with van der Waals surface area (Å²) >= 11 is 1.43. The Balaban J connectivity index is 1.13. The van der Waals surface area contributed by atoms with Gasteiger partial charge in [0.2, 0.25) is 11.8 Å². The molecule has 5 atom stereocenters. The molecular weight excluding hydrogens is 841 g/mol. The van der Waals surface area contributed by atoms with Crippen LogP contribution in [-0.4, -0.2) is 116 Å². The number of methoxy groups -OCH3 is 1. The van der Waals surface area contributed by atoms with Gasteiger partial charge >= 0.3 is 5.97 Å². The van der Waals surface area contributed by atoms with E-state index in [1.165, 1.54) is 29.2 Å². The normalized spacial score (nSPS) is 25.2. The molecule has 1 amide bonds. The van der Waals surface area contributed by atoms with Crippen LogP contribution in [0.4, 0.5) is 14.5 Å². The highest BCUT2D eigenvalue weighted by Crippen LogP contribution is 2.50. The van der Waals surface area contributed by atoms with Gasteiger partial charge in [-0.15, -0.1) is 11.3 Å². The van der Waals surface area contributed by atoms with Crippen LogP contribution in [0.2, 0.25) is 5.54 Å². The fourth-order valence-electron chi connectivity index (χ4n) is 9.88. The van der Waals surface area contributed by atoms with Gasteiger partial charge in [0.15, 0.2) is 0 Å². The monoisotopic (exact) mass is 899 g/mol. The standard InChI is InChI=1S/C47H59F2N7O5SSi/c1-7-55-38-13-10-28-19-31(38)34(42(55)33-20-30(24-50-41(33)27(2)60-6)54-17-15-53(16-18-54)29-11-12-29)23-46(3,4)26-61-44(58)36-9-8-14-56(52-36)43(57)39(22-40-51-37(28)25-62-40)63-45(59)32-21-35(32)47(5,48)49/h10,13,19-20,24-25,27,29,32,35-36,39,52H,7-9,11-12,14-18,21-23,26H2,1-6H3/t27-,32-,35?,36-,39-/m0/s1. The van der Waals surface area contributed by atoms with Gasteiger partial charge in [0, 0.05) is 109 Å². The number of pyridine rings is 1. The second kappa shape index (κ2) is 17.4. The van der Waals surface area contributed by atoms with Crippen LogP contribution >= 0.6 is 11.3 Å². The Bertz CT molecular complexity index is 2390. The Kier molecular flexibility index (Phi) is 12.2. The van der Waals surface area contributed by atoms with Crippen LogP contribution in [0.25, 0.3) is 33.4 Å². The molecule has 16 heteroatoms. The molecule has 1 unspecified atom stereocenters. The number of halogens is 2. The second-order valence-corrected chi connectivity index (χ2v) is 21.5. The molecular formula is C47H59F2N7O5SSi. The molecule has 12 nitrogen and oxygen atoms in total. The first-order valence-electron chi connectivity index (χ1n) is 22.7. The number of alkyl halides is 2. The minimum atomic E-state index is -2.95. The minimum Gasteiger partial charge on any atom is -0.464 e. The molecule has 63 heavy (non-hydrogen) atoms. The van der Waals surface area contributed by atoms with Gasteiger partial charge < -0.3 is 23.7 Å². The molecule has 0 spiro atoms. The molecule has 2 radical (unpaired) electrons. The number of amides is 1. The molecule has 3 aliphatic heterocycles. The highest BCUT2D eigenvalue weighted by Gasteiger charge is 2.55. The Labute approximate surface area is 374 Å². The molecule has 2 saturated carbocycles. The molecule has 9 rings (SSSR count). The lowest BCUT2D eigenvalue weighted by Crippen LogP contribution is -2.57. The van der Waals surface area contributed by atoms with Crippen LogP contribution in [0.15, 0.2) is 35.8 Å². The van der Waals surface area contributed by atoms with E-state index in [1.807, 2.05) is 18.5 Å². The van der Waals surface area contributed by atoms with Crippen LogP contribution in [0.1, 0.15) is 89.1 Å². The maximum Gasteiger partial charge on any atom is 0.324 e. The van der Waals surface area contributed by atoms with Crippen molar-refractivity contribution in [2.75, 3.05) is 51.3 Å². The highest BCUT2D eigenvalue weighted by atomic mass is 32.1. The number of hydrogen-bond donors (Lipinski definition) is 1.